The highest BCUT2D eigenvalue weighted by Gasteiger charge is 2.35. The summed E-state index contributed by atoms with van der Waals surface area (Å²) in [6, 6.07) is 15.9. The molecule has 1 unspecified atom stereocenters. The summed E-state index contributed by atoms with van der Waals surface area (Å²) < 4.78 is 40.8. The smallest absolute Gasteiger partial charge is 0.161 e. The van der Waals surface area contributed by atoms with Gasteiger partial charge in [-0.25, -0.2) is 8.78 Å². The molecule has 36 heavy (non-hydrogen) atoms. The Morgan fingerprint density at radius 1 is 1.03 bits per heavy atom. The van der Waals surface area contributed by atoms with E-state index in [4.69, 9.17) is 9.47 Å². The van der Waals surface area contributed by atoms with E-state index in [0.717, 1.165) is 37.5 Å². The van der Waals surface area contributed by atoms with Crippen molar-refractivity contribution in [2.75, 3.05) is 13.7 Å². The molecule has 0 aliphatic carbocycles. The molecule has 0 radical (unpaired) electrons. The van der Waals surface area contributed by atoms with Crippen molar-refractivity contribution in [3.05, 3.63) is 94.2 Å². The first-order valence-corrected chi connectivity index (χ1v) is 11.8. The number of para-hydroxylation sites is 1. The third kappa shape index (κ3) is 4.02. The molecule has 0 saturated heterocycles. The van der Waals surface area contributed by atoms with Gasteiger partial charge < -0.3 is 19.1 Å². The first-order chi connectivity index (χ1) is 17.1. The maximum atomic E-state index is 13.6. The van der Waals surface area contributed by atoms with Crippen LogP contribution in [0.4, 0.5) is 8.78 Å². The number of aliphatic hydroxyl groups is 1. The van der Waals surface area contributed by atoms with Crippen LogP contribution in [-0.4, -0.2) is 28.2 Å². The van der Waals surface area contributed by atoms with Gasteiger partial charge in [0.1, 0.15) is 25.0 Å². The minimum atomic E-state index is -0.625. The molecular formula is C29H30F2N2O3. The van der Waals surface area contributed by atoms with Crippen LogP contribution in [0.5, 0.6) is 11.5 Å². The predicted octanol–water partition coefficient (Wildman–Crippen LogP) is 5.75. The molecule has 0 saturated carbocycles. The van der Waals surface area contributed by atoms with E-state index < -0.39 is 11.6 Å². The van der Waals surface area contributed by atoms with Crippen molar-refractivity contribution in [3.63, 3.8) is 0 Å². The number of ether oxygens (including phenoxy) is 2. The van der Waals surface area contributed by atoms with Gasteiger partial charge in [0, 0.05) is 36.3 Å². The van der Waals surface area contributed by atoms with Crippen molar-refractivity contribution in [2.45, 2.75) is 46.2 Å². The molecule has 0 amide bonds. The van der Waals surface area contributed by atoms with Crippen molar-refractivity contribution < 1.29 is 23.4 Å². The number of rotatable bonds is 5. The van der Waals surface area contributed by atoms with E-state index in [1.54, 1.807) is 7.11 Å². The maximum Gasteiger partial charge on any atom is 0.161 e. The lowest BCUT2D eigenvalue weighted by molar-refractivity contribution is 0.145. The van der Waals surface area contributed by atoms with Crippen LogP contribution >= 0.6 is 0 Å². The summed E-state index contributed by atoms with van der Waals surface area (Å²) in [5, 5.41) is 11.3. The lowest BCUT2D eigenvalue weighted by Crippen LogP contribution is -2.39. The molecule has 0 bridgehead atoms. The number of nitrogens with zero attached hydrogens (tertiary/aromatic N) is 2. The Hall–Kier alpha value is -3.42. The molecule has 2 aliphatic rings. The van der Waals surface area contributed by atoms with Gasteiger partial charge in [-0.2, -0.15) is 0 Å². The molecule has 188 valence electrons. The van der Waals surface area contributed by atoms with E-state index >= 15 is 0 Å². The van der Waals surface area contributed by atoms with E-state index in [-0.39, 0.29) is 26.8 Å². The number of hydrogen-bond acceptors (Lipinski definition) is 4. The Labute approximate surface area is 209 Å². The van der Waals surface area contributed by atoms with Crippen LogP contribution in [0.1, 0.15) is 41.4 Å². The molecule has 5 nitrogen and oxygen atoms in total. The molecule has 6 rings (SSSR count). The molecule has 3 aromatic carbocycles. The third-order valence-electron chi connectivity index (χ3n) is 7.30. The van der Waals surface area contributed by atoms with Gasteiger partial charge in [-0.3, -0.25) is 4.90 Å². The number of aromatic nitrogens is 1. The quantitative estimate of drug-likeness (QED) is 0.386. The van der Waals surface area contributed by atoms with Crippen molar-refractivity contribution in [1.82, 2.24) is 9.47 Å². The zero-order chi connectivity index (χ0) is 24.1. The average molecular weight is 493 g/mol. The molecular weight excluding hydrogens is 462 g/mol. The zero-order valence-electron chi connectivity index (χ0n) is 19.4. The van der Waals surface area contributed by atoms with E-state index in [9.17, 15) is 13.9 Å². The number of halogens is 2. The summed E-state index contributed by atoms with van der Waals surface area (Å²) in [5.74, 6) is -0.0792. The standard InChI is InChI=1S/C28H26F2N2O3.CH4/c1-34-27-13-22-18(10-28(27)35-15-17-8-19(29)11-20(30)9-17)6-7-31-14-26-23(12-25(22)31)21-4-2-3-5-24(21)32(26)16-33;/h2-5,8-11,13,25,33H,6-7,12,14-16H2,1H3;1H4. The van der Waals surface area contributed by atoms with E-state index in [2.05, 4.69) is 17.0 Å². The van der Waals surface area contributed by atoms with Gasteiger partial charge in [0.25, 0.3) is 0 Å². The third-order valence-corrected chi connectivity index (χ3v) is 7.30. The second-order valence-electron chi connectivity index (χ2n) is 9.22. The predicted molar refractivity (Wildman–Crippen MR) is 135 cm³/mol. The summed E-state index contributed by atoms with van der Waals surface area (Å²) >= 11 is 0. The second kappa shape index (κ2) is 9.56. The van der Waals surface area contributed by atoms with Gasteiger partial charge >= 0.3 is 0 Å². The van der Waals surface area contributed by atoms with Crippen LogP contribution in [0.25, 0.3) is 10.9 Å². The molecule has 0 spiro atoms. The molecule has 1 aromatic heterocycles. The highest BCUT2D eigenvalue weighted by Crippen LogP contribution is 2.44. The second-order valence-corrected chi connectivity index (χ2v) is 9.22. The van der Waals surface area contributed by atoms with Crippen molar-refractivity contribution in [2.24, 2.45) is 0 Å². The number of fused-ring (bicyclic) bond motifs is 6. The summed E-state index contributed by atoms with van der Waals surface area (Å²) in [5.41, 5.74) is 6.37. The summed E-state index contributed by atoms with van der Waals surface area (Å²) in [6.07, 6.45) is 1.71. The van der Waals surface area contributed by atoms with Crippen molar-refractivity contribution in [1.29, 1.82) is 0 Å². The normalized spacial score (nSPS) is 16.6. The SMILES string of the molecule is C.COc1cc2c(cc1OCc1cc(F)cc(F)c1)CCN1Cc3c(c4ccccc4n3CO)CC21. The molecule has 4 aromatic rings. The Kier molecular flexibility index (Phi) is 6.45. The number of methoxy groups -OCH3 is 1. The zero-order valence-corrected chi connectivity index (χ0v) is 19.4. The van der Waals surface area contributed by atoms with E-state index in [1.807, 2.05) is 28.8 Å². The van der Waals surface area contributed by atoms with Gasteiger partial charge in [0.15, 0.2) is 11.5 Å². The lowest BCUT2D eigenvalue weighted by atomic mass is 9.85. The fourth-order valence-electron chi connectivity index (χ4n) is 5.70. The van der Waals surface area contributed by atoms with Crippen LogP contribution in [0.3, 0.4) is 0 Å². The largest absolute Gasteiger partial charge is 0.493 e. The lowest BCUT2D eigenvalue weighted by Gasteiger charge is -2.41. The number of benzene rings is 3. The Morgan fingerprint density at radius 3 is 2.56 bits per heavy atom. The fourth-order valence-corrected chi connectivity index (χ4v) is 5.70. The molecule has 1 N–H and O–H groups in total. The van der Waals surface area contributed by atoms with Crippen LogP contribution in [0.2, 0.25) is 0 Å². The van der Waals surface area contributed by atoms with Gasteiger partial charge in [-0.15, -0.1) is 0 Å². The van der Waals surface area contributed by atoms with Gasteiger partial charge in [-0.05, 0) is 65.4 Å². The van der Waals surface area contributed by atoms with Crippen LogP contribution in [-0.2, 0) is 32.7 Å². The monoisotopic (exact) mass is 492 g/mol. The molecule has 0 fully saturated rings. The average Bonchev–Trinajstić information content (AvgIpc) is 3.17. The van der Waals surface area contributed by atoms with Gasteiger partial charge in [0.05, 0.1) is 12.6 Å². The minimum absolute atomic E-state index is 0. The number of aliphatic hydroxyl groups excluding tert-OH is 1. The molecule has 2 aliphatic heterocycles. The first kappa shape index (κ1) is 24.3. The topological polar surface area (TPSA) is 46.9 Å². The van der Waals surface area contributed by atoms with E-state index in [1.165, 1.54) is 39.9 Å². The van der Waals surface area contributed by atoms with Crippen molar-refractivity contribution >= 4 is 10.9 Å². The van der Waals surface area contributed by atoms with Crippen LogP contribution in [0.15, 0.2) is 54.6 Å². The minimum Gasteiger partial charge on any atom is -0.493 e. The molecule has 7 heteroatoms. The summed E-state index contributed by atoms with van der Waals surface area (Å²) in [7, 11) is 1.60. The van der Waals surface area contributed by atoms with Crippen LogP contribution in [0, 0.1) is 11.6 Å². The number of hydrogen-bond donors (Lipinski definition) is 1. The molecule has 3 heterocycles. The maximum absolute atomic E-state index is 13.6. The Balaban J connectivity index is 0.00000267. The van der Waals surface area contributed by atoms with Gasteiger partial charge in [-0.1, -0.05) is 25.6 Å². The van der Waals surface area contributed by atoms with Crippen LogP contribution < -0.4 is 9.47 Å². The Bertz CT molecular complexity index is 1410. The van der Waals surface area contributed by atoms with Gasteiger partial charge in [0.2, 0.25) is 0 Å². The summed E-state index contributed by atoms with van der Waals surface area (Å²) in [6.45, 7) is 1.68. The highest BCUT2D eigenvalue weighted by molar-refractivity contribution is 5.86. The highest BCUT2D eigenvalue weighted by atomic mass is 19.1. The molecule has 1 atom stereocenters. The van der Waals surface area contributed by atoms with E-state index in [0.29, 0.717) is 17.1 Å². The van der Waals surface area contributed by atoms with Crippen molar-refractivity contribution in [3.8, 4) is 11.5 Å². The Morgan fingerprint density at radius 2 is 1.81 bits per heavy atom. The summed E-state index contributed by atoms with van der Waals surface area (Å²) in [4.78, 5) is 2.46. The first-order valence-electron chi connectivity index (χ1n) is 11.8. The fraction of sp³-hybridized carbons (Fsp3) is 0.310.